The first kappa shape index (κ1) is 19.4. The topological polar surface area (TPSA) is 100 Å². The third-order valence-corrected chi connectivity index (χ3v) is 4.80. The average molecular weight is 402 g/mol. The van der Waals surface area contributed by atoms with Crippen LogP contribution in [0, 0.1) is 13.8 Å². The molecular weight excluding hydrogens is 380 g/mol. The third-order valence-electron chi connectivity index (χ3n) is 4.80. The molecule has 0 unspecified atom stereocenters. The summed E-state index contributed by atoms with van der Waals surface area (Å²) < 4.78 is 5.00. The summed E-state index contributed by atoms with van der Waals surface area (Å²) >= 11 is 0. The smallest absolute Gasteiger partial charge is 0.268 e. The van der Waals surface area contributed by atoms with E-state index in [-0.39, 0.29) is 11.8 Å². The van der Waals surface area contributed by atoms with Crippen LogP contribution in [0.15, 0.2) is 65.2 Å². The van der Waals surface area contributed by atoms with Crippen molar-refractivity contribution in [3.05, 3.63) is 83.2 Å². The maximum absolute atomic E-state index is 12.9. The third kappa shape index (κ3) is 4.41. The van der Waals surface area contributed by atoms with Crippen molar-refractivity contribution in [3.8, 4) is 0 Å². The van der Waals surface area contributed by atoms with Crippen molar-refractivity contribution in [3.63, 3.8) is 0 Å². The van der Waals surface area contributed by atoms with Crippen LogP contribution < -0.4 is 10.6 Å². The number of aromatic nitrogens is 2. The van der Waals surface area contributed by atoms with E-state index in [0.29, 0.717) is 23.7 Å². The van der Waals surface area contributed by atoms with E-state index >= 15 is 0 Å². The minimum atomic E-state index is -0.787. The van der Waals surface area contributed by atoms with Gasteiger partial charge in [0.1, 0.15) is 17.5 Å². The van der Waals surface area contributed by atoms with Crippen molar-refractivity contribution in [2.24, 2.45) is 0 Å². The first-order valence-electron chi connectivity index (χ1n) is 9.66. The normalized spacial score (nSPS) is 11.9. The molecule has 30 heavy (non-hydrogen) atoms. The van der Waals surface area contributed by atoms with Crippen LogP contribution in [0.2, 0.25) is 0 Å². The molecule has 0 saturated carbocycles. The van der Waals surface area contributed by atoms with Gasteiger partial charge in [-0.2, -0.15) is 0 Å². The van der Waals surface area contributed by atoms with Crippen molar-refractivity contribution in [2.75, 3.05) is 5.32 Å². The van der Waals surface area contributed by atoms with Gasteiger partial charge >= 0.3 is 0 Å². The van der Waals surface area contributed by atoms with E-state index < -0.39 is 6.04 Å². The second kappa shape index (κ2) is 8.24. The van der Waals surface area contributed by atoms with E-state index in [4.69, 9.17) is 4.52 Å². The van der Waals surface area contributed by atoms with Crippen molar-refractivity contribution in [1.29, 1.82) is 0 Å². The number of aromatic amines is 1. The molecule has 3 N–H and O–H groups in total. The quantitative estimate of drug-likeness (QED) is 0.457. The van der Waals surface area contributed by atoms with Gasteiger partial charge in [-0.3, -0.25) is 9.59 Å². The highest BCUT2D eigenvalue weighted by molar-refractivity contribution is 6.02. The number of nitrogens with zero attached hydrogens (tertiary/aromatic N) is 1. The zero-order valence-electron chi connectivity index (χ0n) is 16.7. The zero-order chi connectivity index (χ0) is 21.1. The fourth-order valence-electron chi connectivity index (χ4n) is 3.31. The molecule has 1 atom stereocenters. The number of fused-ring (bicyclic) bond motifs is 1. The maximum Gasteiger partial charge on any atom is 0.268 e. The second-order valence-corrected chi connectivity index (χ2v) is 7.30. The summed E-state index contributed by atoms with van der Waals surface area (Å²) in [6, 6.07) is 18.1. The molecule has 4 aromatic rings. The molecule has 0 aliphatic carbocycles. The highest BCUT2D eigenvalue weighted by atomic mass is 16.5. The Morgan fingerprint density at radius 3 is 2.60 bits per heavy atom. The number of hydrogen-bond donors (Lipinski definition) is 3. The molecule has 2 aromatic carbocycles. The lowest BCUT2D eigenvalue weighted by Crippen LogP contribution is -2.45. The minimum Gasteiger partial charge on any atom is -0.360 e. The first-order chi connectivity index (χ1) is 14.5. The van der Waals surface area contributed by atoms with Gasteiger partial charge in [-0.25, -0.2) is 0 Å². The minimum absolute atomic E-state index is 0.311. The molecular formula is C23H22N4O3. The maximum atomic E-state index is 12.9. The van der Waals surface area contributed by atoms with Gasteiger partial charge in [0.25, 0.3) is 5.91 Å². The van der Waals surface area contributed by atoms with Crippen LogP contribution in [-0.4, -0.2) is 28.0 Å². The lowest BCUT2D eigenvalue weighted by atomic mass is 10.0. The Balaban J connectivity index is 1.55. The summed E-state index contributed by atoms with van der Waals surface area (Å²) in [7, 11) is 0. The van der Waals surface area contributed by atoms with Crippen LogP contribution in [0.1, 0.15) is 27.4 Å². The van der Waals surface area contributed by atoms with Gasteiger partial charge in [0.05, 0.1) is 0 Å². The van der Waals surface area contributed by atoms with Crippen molar-refractivity contribution in [1.82, 2.24) is 15.5 Å². The van der Waals surface area contributed by atoms with Crippen LogP contribution in [0.25, 0.3) is 10.9 Å². The molecule has 0 spiro atoms. The van der Waals surface area contributed by atoms with Crippen LogP contribution in [0.5, 0.6) is 0 Å². The molecule has 0 radical (unpaired) electrons. The molecule has 2 amide bonds. The van der Waals surface area contributed by atoms with E-state index in [9.17, 15) is 9.59 Å². The van der Waals surface area contributed by atoms with Gasteiger partial charge < -0.3 is 20.1 Å². The Labute approximate surface area is 173 Å². The summed E-state index contributed by atoms with van der Waals surface area (Å²) in [5, 5.41) is 10.3. The fourth-order valence-corrected chi connectivity index (χ4v) is 3.31. The number of rotatable bonds is 6. The fraction of sp³-hybridized carbons (Fsp3) is 0.174. The van der Waals surface area contributed by atoms with Gasteiger partial charge in [-0.15, -0.1) is 0 Å². The van der Waals surface area contributed by atoms with Gasteiger partial charge in [0.15, 0.2) is 5.82 Å². The number of H-pyrrole nitrogens is 1. The van der Waals surface area contributed by atoms with Crippen LogP contribution in [0.3, 0.4) is 0 Å². The summed E-state index contributed by atoms with van der Waals surface area (Å²) in [5.41, 5.74) is 3.31. The number of aryl methyl sites for hydroxylation is 2. The Hall–Kier alpha value is -3.87. The van der Waals surface area contributed by atoms with E-state index in [1.807, 2.05) is 55.5 Å². The summed E-state index contributed by atoms with van der Waals surface area (Å²) in [4.78, 5) is 28.9. The van der Waals surface area contributed by atoms with Crippen molar-refractivity contribution < 1.29 is 14.1 Å². The predicted molar refractivity (Wildman–Crippen MR) is 114 cm³/mol. The molecule has 2 heterocycles. The van der Waals surface area contributed by atoms with Gasteiger partial charge in [0.2, 0.25) is 5.91 Å². The van der Waals surface area contributed by atoms with Crippen LogP contribution >= 0.6 is 0 Å². The standard InChI is InChI=1S/C23H22N4O3/c1-14-8-9-18-17(10-14)13-20(24-18)22(28)25-19(12-16-6-4-3-5-7-16)23(29)26-21-11-15(2)30-27-21/h3-11,13,19,24H,12H2,1-2H3,(H,25,28)(H,26,27,29)/t19-/m0/s1. The molecule has 7 nitrogen and oxygen atoms in total. The zero-order valence-corrected chi connectivity index (χ0v) is 16.7. The van der Waals surface area contributed by atoms with Crippen LogP contribution in [-0.2, 0) is 11.2 Å². The predicted octanol–water partition coefficient (Wildman–Crippen LogP) is 3.75. The molecule has 0 aliphatic heterocycles. The summed E-state index contributed by atoms with van der Waals surface area (Å²) in [5.74, 6) is 0.178. The molecule has 0 saturated heterocycles. The molecule has 152 valence electrons. The van der Waals surface area contributed by atoms with Gasteiger partial charge in [-0.05, 0) is 37.6 Å². The first-order valence-corrected chi connectivity index (χ1v) is 9.66. The number of benzene rings is 2. The van der Waals surface area contributed by atoms with E-state index in [2.05, 4.69) is 20.8 Å². The lowest BCUT2D eigenvalue weighted by molar-refractivity contribution is -0.118. The van der Waals surface area contributed by atoms with Crippen LogP contribution in [0.4, 0.5) is 5.82 Å². The molecule has 2 aromatic heterocycles. The number of carbonyl (C=O) groups is 2. The Bertz CT molecular complexity index is 1190. The number of hydrogen-bond acceptors (Lipinski definition) is 4. The Morgan fingerprint density at radius 2 is 1.87 bits per heavy atom. The van der Waals surface area contributed by atoms with E-state index in [1.54, 1.807) is 19.1 Å². The monoisotopic (exact) mass is 402 g/mol. The van der Waals surface area contributed by atoms with Gasteiger partial charge in [-0.1, -0.05) is 47.1 Å². The SMILES string of the molecule is Cc1ccc2[nH]c(C(=O)N[C@@H](Cc3ccccc3)C(=O)Nc3cc(C)on3)cc2c1. The molecule has 0 fully saturated rings. The number of carbonyl (C=O) groups excluding carboxylic acids is 2. The number of anilines is 1. The van der Waals surface area contributed by atoms with E-state index in [1.165, 1.54) is 0 Å². The summed E-state index contributed by atoms with van der Waals surface area (Å²) in [6.07, 6.45) is 0.342. The van der Waals surface area contributed by atoms with E-state index in [0.717, 1.165) is 22.0 Å². The van der Waals surface area contributed by atoms with Crippen molar-refractivity contribution in [2.45, 2.75) is 26.3 Å². The highest BCUT2D eigenvalue weighted by Crippen LogP contribution is 2.17. The second-order valence-electron chi connectivity index (χ2n) is 7.30. The molecule has 0 bridgehead atoms. The largest absolute Gasteiger partial charge is 0.360 e. The molecule has 7 heteroatoms. The molecule has 4 rings (SSSR count). The summed E-state index contributed by atoms with van der Waals surface area (Å²) in [6.45, 7) is 3.74. The van der Waals surface area contributed by atoms with Crippen molar-refractivity contribution >= 4 is 28.5 Å². The molecule has 0 aliphatic rings. The lowest BCUT2D eigenvalue weighted by Gasteiger charge is -2.17. The highest BCUT2D eigenvalue weighted by Gasteiger charge is 2.23. The number of amides is 2. The average Bonchev–Trinajstić information content (AvgIpc) is 3.33. The Kier molecular flexibility index (Phi) is 5.34. The number of nitrogens with one attached hydrogen (secondary N) is 3. The van der Waals surface area contributed by atoms with Gasteiger partial charge in [0, 0.05) is 23.4 Å². The Morgan fingerprint density at radius 1 is 1.07 bits per heavy atom.